The van der Waals surface area contributed by atoms with E-state index in [2.05, 4.69) is 342 Å². The first-order valence-corrected chi connectivity index (χ1v) is 32.2. The molecule has 0 fully saturated rings. The van der Waals surface area contributed by atoms with Crippen LogP contribution in [0.4, 0.5) is 34.1 Å². The van der Waals surface area contributed by atoms with Gasteiger partial charge < -0.3 is 14.4 Å². The van der Waals surface area contributed by atoms with Gasteiger partial charge >= 0.3 is 0 Å². The molecule has 14 aromatic carbocycles. The van der Waals surface area contributed by atoms with Crippen LogP contribution in [-0.4, -0.2) is 21.2 Å². The molecule has 5 nitrogen and oxygen atoms in total. The quantitative estimate of drug-likeness (QED) is 0.121. The third-order valence-corrected chi connectivity index (χ3v) is 19.0. The first-order chi connectivity index (χ1) is 46.6. The summed E-state index contributed by atoms with van der Waals surface area (Å²) in [5.74, 6) is 0.681. The first kappa shape index (κ1) is 54.5. The summed E-state index contributed by atoms with van der Waals surface area (Å²) in [4.78, 5) is 15.6. The van der Waals surface area contributed by atoms with Crippen LogP contribution in [-0.2, 0) is 0 Å². The van der Waals surface area contributed by atoms with Gasteiger partial charge in [0.25, 0.3) is 6.71 Å². The molecule has 2 aliphatic rings. The lowest BCUT2D eigenvalue weighted by Gasteiger charge is -2.44. The fourth-order valence-corrected chi connectivity index (χ4v) is 14.6. The monoisotopic (exact) mass is 1200 g/mol. The van der Waals surface area contributed by atoms with Gasteiger partial charge in [-0.1, -0.05) is 273 Å². The van der Waals surface area contributed by atoms with Gasteiger partial charge in [-0.05, 0) is 151 Å². The highest BCUT2D eigenvalue weighted by Crippen LogP contribution is 2.49. The number of nitrogens with zero attached hydrogens (tertiary/aromatic N) is 5. The number of hydrogen-bond acceptors (Lipinski definition) is 4. The average Bonchev–Trinajstić information content (AvgIpc) is 0.758. The van der Waals surface area contributed by atoms with Gasteiger partial charge in [-0.3, -0.25) is 0 Å². The van der Waals surface area contributed by atoms with Crippen LogP contribution in [0.15, 0.2) is 352 Å². The molecule has 0 bridgehead atoms. The highest BCUT2D eigenvalue weighted by atomic mass is 15.2. The van der Waals surface area contributed by atoms with Gasteiger partial charge in [0.1, 0.15) is 0 Å². The van der Waals surface area contributed by atoms with Gasteiger partial charge in [0, 0.05) is 61.6 Å². The van der Waals surface area contributed by atoms with E-state index in [1.807, 2.05) is 24.3 Å². The van der Waals surface area contributed by atoms with Crippen LogP contribution < -0.4 is 26.2 Å². The molecule has 6 heteroatoms. The van der Waals surface area contributed by atoms with Gasteiger partial charge in [-0.15, -0.1) is 0 Å². The van der Waals surface area contributed by atoms with Gasteiger partial charge in [0.05, 0.1) is 28.1 Å². The van der Waals surface area contributed by atoms with E-state index in [0.29, 0.717) is 5.82 Å². The molecule has 0 saturated carbocycles. The Hall–Kier alpha value is -12.4. The van der Waals surface area contributed by atoms with E-state index in [4.69, 9.17) is 9.97 Å². The first-order valence-electron chi connectivity index (χ1n) is 32.2. The van der Waals surface area contributed by atoms with Crippen LogP contribution in [0.25, 0.3) is 117 Å². The van der Waals surface area contributed by atoms with Crippen molar-refractivity contribution in [2.45, 2.75) is 0 Å². The average molecular weight is 1200 g/mol. The standard InChI is InChI=1S/C88H58BN5/c1-7-23-59(24-8-1)63-39-46-71(47-40-63)92-83-51-44-68(61-27-11-3-12-28-61)54-76(83)89-77-55-69(62-29-13-4-14-30-62)45-52-84(77)93(72-48-41-64(42-49-72)60-25-9-2-10-26-60)86-57-70(56-85(92)87(86)89)67-43-50-82-75(53-67)73-35-19-21-37-80(73)94(82)81-38-22-20-36-74(81)79-58-78(65-31-15-5-16-32-65)90-88(91-79)66-33-17-6-18-34-66/h1-58H. The molecule has 18 rings (SSSR count). The second kappa shape index (κ2) is 22.8. The number of fused-ring (bicyclic) bond motifs is 7. The zero-order valence-electron chi connectivity index (χ0n) is 51.3. The van der Waals surface area contributed by atoms with Crippen molar-refractivity contribution in [2.75, 3.05) is 9.80 Å². The summed E-state index contributed by atoms with van der Waals surface area (Å²) in [7, 11) is 0. The predicted octanol–water partition coefficient (Wildman–Crippen LogP) is 21.0. The Morgan fingerprint density at radius 2 is 0.628 bits per heavy atom. The molecule has 4 heterocycles. The Morgan fingerprint density at radius 3 is 1.16 bits per heavy atom. The molecule has 2 aliphatic heterocycles. The smallest absolute Gasteiger partial charge is 0.252 e. The molecule has 0 N–H and O–H groups in total. The Bertz CT molecular complexity index is 5270. The van der Waals surface area contributed by atoms with Crippen molar-refractivity contribution in [2.24, 2.45) is 0 Å². The highest BCUT2D eigenvalue weighted by Gasteiger charge is 2.44. The summed E-state index contributed by atoms with van der Waals surface area (Å²) >= 11 is 0. The van der Waals surface area contributed by atoms with Gasteiger partial charge in [0.15, 0.2) is 5.82 Å². The molecule has 0 radical (unpaired) electrons. The number of hydrogen-bond donors (Lipinski definition) is 0. The number of aromatic nitrogens is 3. The largest absolute Gasteiger partial charge is 0.311 e. The Morgan fingerprint density at radius 1 is 0.234 bits per heavy atom. The lowest BCUT2D eigenvalue weighted by molar-refractivity contribution is 1.15. The van der Waals surface area contributed by atoms with Crippen molar-refractivity contribution in [3.05, 3.63) is 352 Å². The maximum absolute atomic E-state index is 5.37. The number of anilines is 6. The third-order valence-electron chi connectivity index (χ3n) is 19.0. The molecule has 16 aromatic rings. The van der Waals surface area contributed by atoms with E-state index < -0.39 is 0 Å². The maximum Gasteiger partial charge on any atom is 0.252 e. The molecule has 0 spiro atoms. The molecule has 0 saturated heterocycles. The van der Waals surface area contributed by atoms with E-state index in [0.717, 1.165) is 101 Å². The normalized spacial score (nSPS) is 12.2. The maximum atomic E-state index is 5.37. The fraction of sp³-hybridized carbons (Fsp3) is 0. The van der Waals surface area contributed by atoms with Crippen LogP contribution >= 0.6 is 0 Å². The highest BCUT2D eigenvalue weighted by molar-refractivity contribution is 7.00. The van der Waals surface area contributed by atoms with Crippen molar-refractivity contribution >= 4 is 79.0 Å². The lowest BCUT2D eigenvalue weighted by atomic mass is 9.33. The minimum absolute atomic E-state index is 0.140. The third kappa shape index (κ3) is 9.42. The van der Waals surface area contributed by atoms with Gasteiger partial charge in [-0.2, -0.15) is 0 Å². The van der Waals surface area contributed by atoms with Gasteiger partial charge in [0.2, 0.25) is 0 Å². The lowest BCUT2D eigenvalue weighted by Crippen LogP contribution is -2.61. The van der Waals surface area contributed by atoms with Gasteiger partial charge in [-0.25, -0.2) is 9.97 Å². The van der Waals surface area contributed by atoms with E-state index in [1.54, 1.807) is 0 Å². The van der Waals surface area contributed by atoms with E-state index in [9.17, 15) is 0 Å². The molecule has 0 aliphatic carbocycles. The molecule has 0 amide bonds. The summed E-state index contributed by atoms with van der Waals surface area (Å²) in [6.45, 7) is -0.140. The number of benzene rings is 14. The zero-order valence-corrected chi connectivity index (χ0v) is 51.3. The molecule has 438 valence electrons. The molecule has 0 unspecified atom stereocenters. The minimum Gasteiger partial charge on any atom is -0.311 e. The summed E-state index contributed by atoms with van der Waals surface area (Å²) in [6.07, 6.45) is 0. The SMILES string of the molecule is c1ccc(-c2ccc(N3c4ccc(-c5ccccc5)cc4B4c5cc(-c6ccccc6)ccc5N(c5ccc(-c6ccccc6)cc5)c5cc(-c6ccc7c(c6)c6ccccc6n7-c6ccccc6-c6cc(-c7ccccc7)nc(-c7ccccc7)n6)cc3c54)cc2)cc1. The number of rotatable bonds is 11. The van der Waals surface area contributed by atoms with E-state index >= 15 is 0 Å². The molecular formula is C88H58BN5. The number of para-hydroxylation sites is 2. The zero-order chi connectivity index (χ0) is 62.1. The van der Waals surface area contributed by atoms with Crippen LogP contribution in [0.1, 0.15) is 0 Å². The van der Waals surface area contributed by atoms with Crippen molar-refractivity contribution in [1.82, 2.24) is 14.5 Å². The molecule has 2 aromatic heterocycles. The fourth-order valence-electron chi connectivity index (χ4n) is 14.6. The van der Waals surface area contributed by atoms with Crippen LogP contribution in [0.5, 0.6) is 0 Å². The topological polar surface area (TPSA) is 37.2 Å². The Kier molecular flexibility index (Phi) is 13.3. The van der Waals surface area contributed by atoms with Crippen molar-refractivity contribution in [3.63, 3.8) is 0 Å². The van der Waals surface area contributed by atoms with E-state index in [-0.39, 0.29) is 6.71 Å². The summed E-state index contributed by atoms with van der Waals surface area (Å²) < 4.78 is 2.43. The second-order valence-corrected chi connectivity index (χ2v) is 24.4. The van der Waals surface area contributed by atoms with Crippen molar-refractivity contribution in [1.29, 1.82) is 0 Å². The second-order valence-electron chi connectivity index (χ2n) is 24.4. The summed E-state index contributed by atoms with van der Waals surface area (Å²) in [5.41, 5.74) is 30.1. The van der Waals surface area contributed by atoms with Crippen LogP contribution in [0, 0.1) is 0 Å². The van der Waals surface area contributed by atoms with Crippen LogP contribution in [0.2, 0.25) is 0 Å². The predicted molar refractivity (Wildman–Crippen MR) is 394 cm³/mol. The van der Waals surface area contributed by atoms with E-state index in [1.165, 1.54) is 60.9 Å². The minimum atomic E-state index is -0.140. The van der Waals surface area contributed by atoms with Crippen molar-refractivity contribution in [3.8, 4) is 95.2 Å². The van der Waals surface area contributed by atoms with Crippen LogP contribution in [0.3, 0.4) is 0 Å². The molecule has 0 atom stereocenters. The molecule has 94 heavy (non-hydrogen) atoms. The molecular weight excluding hydrogens is 1140 g/mol. The Balaban J connectivity index is 0.875. The Labute approximate surface area is 547 Å². The summed E-state index contributed by atoms with van der Waals surface area (Å²) in [6, 6.07) is 128. The summed E-state index contributed by atoms with van der Waals surface area (Å²) in [5, 5.41) is 2.32. The van der Waals surface area contributed by atoms with Crippen molar-refractivity contribution < 1.29 is 0 Å².